The second-order valence-electron chi connectivity index (χ2n) is 12.9. The summed E-state index contributed by atoms with van der Waals surface area (Å²) >= 11 is 0. The molecule has 0 N–H and O–H groups in total. The fraction of sp³-hybridized carbons (Fsp3) is 0.0213. The van der Waals surface area contributed by atoms with Gasteiger partial charge < -0.3 is 4.42 Å². The first-order valence-corrected chi connectivity index (χ1v) is 17.0. The van der Waals surface area contributed by atoms with E-state index in [2.05, 4.69) is 146 Å². The number of furan rings is 1. The highest BCUT2D eigenvalue weighted by Crippen LogP contribution is 2.56. The van der Waals surface area contributed by atoms with E-state index in [-0.39, 0.29) is 0 Å². The van der Waals surface area contributed by atoms with Crippen LogP contribution in [-0.4, -0.2) is 9.97 Å². The third-order valence-corrected chi connectivity index (χ3v) is 10.2. The molecule has 0 unspecified atom stereocenters. The van der Waals surface area contributed by atoms with E-state index in [1.54, 1.807) is 0 Å². The predicted octanol–water partition coefficient (Wildman–Crippen LogP) is 11.7. The molecule has 234 valence electrons. The van der Waals surface area contributed by atoms with Crippen molar-refractivity contribution in [1.82, 2.24) is 9.97 Å². The van der Waals surface area contributed by atoms with Crippen molar-refractivity contribution in [3.05, 3.63) is 204 Å². The van der Waals surface area contributed by atoms with E-state index in [1.165, 1.54) is 33.4 Å². The Kier molecular flexibility index (Phi) is 6.40. The van der Waals surface area contributed by atoms with E-state index in [0.717, 1.165) is 50.0 Å². The van der Waals surface area contributed by atoms with E-state index in [9.17, 15) is 0 Å². The van der Waals surface area contributed by atoms with E-state index in [1.807, 2.05) is 36.4 Å². The molecule has 3 heteroatoms. The fourth-order valence-corrected chi connectivity index (χ4v) is 7.95. The van der Waals surface area contributed by atoms with Crippen molar-refractivity contribution in [3.63, 3.8) is 0 Å². The van der Waals surface area contributed by atoms with Gasteiger partial charge in [0.1, 0.15) is 11.2 Å². The predicted molar refractivity (Wildman–Crippen MR) is 203 cm³/mol. The number of para-hydroxylation sites is 1. The molecule has 2 heterocycles. The fourth-order valence-electron chi connectivity index (χ4n) is 7.95. The highest BCUT2D eigenvalue weighted by molar-refractivity contribution is 6.06. The summed E-state index contributed by atoms with van der Waals surface area (Å²) in [4.78, 5) is 10.3. The average Bonchev–Trinajstić information content (AvgIpc) is 3.72. The molecule has 7 aromatic carbocycles. The van der Waals surface area contributed by atoms with Crippen molar-refractivity contribution < 1.29 is 4.42 Å². The summed E-state index contributed by atoms with van der Waals surface area (Å²) in [6.45, 7) is 0. The van der Waals surface area contributed by atoms with Crippen LogP contribution in [0.15, 0.2) is 186 Å². The van der Waals surface area contributed by atoms with E-state index in [0.29, 0.717) is 5.82 Å². The molecule has 1 aliphatic carbocycles. The number of benzene rings is 7. The standard InChI is InChI=1S/C47H30N2O/c1-3-13-32(14-4-1)46-48-42(30-43(49-46)33-25-28-45-39(29-33)38-19-9-12-22-44(38)50-45)31-23-26-35(27-24-31)47(34-15-5-2-6-16-34)40-20-10-7-17-36(40)37-18-8-11-21-41(37)47/h1-30H. The zero-order valence-electron chi connectivity index (χ0n) is 27.1. The second kappa shape index (κ2) is 11.3. The quantitative estimate of drug-likeness (QED) is 0.188. The lowest BCUT2D eigenvalue weighted by atomic mass is 9.67. The van der Waals surface area contributed by atoms with Crippen LogP contribution in [0.1, 0.15) is 22.3 Å². The Bertz CT molecular complexity index is 2650. The topological polar surface area (TPSA) is 38.9 Å². The zero-order valence-corrected chi connectivity index (χ0v) is 27.1. The van der Waals surface area contributed by atoms with Crippen molar-refractivity contribution in [2.75, 3.05) is 0 Å². The number of hydrogen-bond donors (Lipinski definition) is 0. The molecule has 9 aromatic rings. The van der Waals surface area contributed by atoms with Crippen molar-refractivity contribution in [3.8, 4) is 45.0 Å². The lowest BCUT2D eigenvalue weighted by molar-refractivity contribution is 0.669. The summed E-state index contributed by atoms with van der Waals surface area (Å²) in [5.74, 6) is 0.693. The summed E-state index contributed by atoms with van der Waals surface area (Å²) in [6, 6.07) is 64.4. The minimum atomic E-state index is -0.443. The van der Waals surface area contributed by atoms with Gasteiger partial charge in [-0.3, -0.25) is 0 Å². The van der Waals surface area contributed by atoms with Crippen LogP contribution in [0, 0.1) is 0 Å². The van der Waals surface area contributed by atoms with Crippen LogP contribution in [0.4, 0.5) is 0 Å². The Morgan fingerprint density at radius 1 is 0.380 bits per heavy atom. The molecule has 0 saturated heterocycles. The van der Waals surface area contributed by atoms with Crippen LogP contribution in [-0.2, 0) is 5.41 Å². The van der Waals surface area contributed by atoms with Crippen LogP contribution in [0.5, 0.6) is 0 Å². The van der Waals surface area contributed by atoms with Crippen LogP contribution in [0.3, 0.4) is 0 Å². The Balaban J connectivity index is 1.15. The highest BCUT2D eigenvalue weighted by Gasteiger charge is 2.45. The third kappa shape index (κ3) is 4.30. The zero-order chi connectivity index (χ0) is 33.1. The van der Waals surface area contributed by atoms with Gasteiger partial charge in [0.25, 0.3) is 0 Å². The van der Waals surface area contributed by atoms with Crippen molar-refractivity contribution in [1.29, 1.82) is 0 Å². The maximum Gasteiger partial charge on any atom is 0.160 e. The van der Waals surface area contributed by atoms with Gasteiger partial charge in [0.05, 0.1) is 16.8 Å². The molecule has 0 spiro atoms. The van der Waals surface area contributed by atoms with Gasteiger partial charge in [-0.15, -0.1) is 0 Å². The van der Waals surface area contributed by atoms with Gasteiger partial charge in [-0.05, 0) is 63.7 Å². The van der Waals surface area contributed by atoms with Crippen LogP contribution >= 0.6 is 0 Å². The Labute approximate surface area is 290 Å². The molecular formula is C47H30N2O. The maximum atomic E-state index is 6.13. The summed E-state index contributed by atoms with van der Waals surface area (Å²) in [5, 5.41) is 2.17. The Hall–Kier alpha value is -6.58. The monoisotopic (exact) mass is 638 g/mol. The molecule has 10 rings (SSSR count). The van der Waals surface area contributed by atoms with Gasteiger partial charge in [0, 0.05) is 27.5 Å². The number of aromatic nitrogens is 2. The Morgan fingerprint density at radius 3 is 1.64 bits per heavy atom. The molecule has 3 nitrogen and oxygen atoms in total. The number of fused-ring (bicyclic) bond motifs is 6. The Morgan fingerprint density at radius 2 is 0.920 bits per heavy atom. The average molecular weight is 639 g/mol. The second-order valence-corrected chi connectivity index (χ2v) is 12.9. The van der Waals surface area contributed by atoms with Crippen LogP contribution < -0.4 is 0 Å². The minimum absolute atomic E-state index is 0.443. The first-order valence-electron chi connectivity index (χ1n) is 17.0. The first-order chi connectivity index (χ1) is 24.8. The molecule has 0 aliphatic heterocycles. The summed E-state index contributed by atoms with van der Waals surface area (Å²) in [6.07, 6.45) is 0. The normalized spacial score (nSPS) is 13.0. The lowest BCUT2D eigenvalue weighted by Gasteiger charge is -2.34. The molecule has 2 aromatic heterocycles. The van der Waals surface area contributed by atoms with Crippen LogP contribution in [0.25, 0.3) is 67.0 Å². The van der Waals surface area contributed by atoms with E-state index >= 15 is 0 Å². The van der Waals surface area contributed by atoms with Gasteiger partial charge in [0.15, 0.2) is 5.82 Å². The summed E-state index contributed by atoms with van der Waals surface area (Å²) < 4.78 is 6.13. The third-order valence-electron chi connectivity index (χ3n) is 10.2. The molecule has 0 saturated carbocycles. The van der Waals surface area contributed by atoms with E-state index < -0.39 is 5.41 Å². The molecule has 0 amide bonds. The summed E-state index contributed by atoms with van der Waals surface area (Å²) in [7, 11) is 0. The first kappa shape index (κ1) is 28.4. The van der Waals surface area contributed by atoms with Gasteiger partial charge in [-0.2, -0.15) is 0 Å². The molecule has 0 atom stereocenters. The number of nitrogens with zero attached hydrogens (tertiary/aromatic N) is 2. The van der Waals surface area contributed by atoms with Gasteiger partial charge in [-0.1, -0.05) is 152 Å². The SMILES string of the molecule is c1ccc(-c2nc(-c3ccc(C4(c5ccccc5)c5ccccc5-c5ccccc54)cc3)cc(-c3ccc4oc5ccccc5c4c3)n2)cc1. The molecule has 0 radical (unpaired) electrons. The summed E-state index contributed by atoms with van der Waals surface area (Å²) in [5.41, 5.74) is 13.7. The van der Waals surface area contributed by atoms with Gasteiger partial charge >= 0.3 is 0 Å². The molecule has 1 aliphatic rings. The highest BCUT2D eigenvalue weighted by atomic mass is 16.3. The van der Waals surface area contributed by atoms with Crippen LogP contribution in [0.2, 0.25) is 0 Å². The largest absolute Gasteiger partial charge is 0.456 e. The maximum absolute atomic E-state index is 6.13. The lowest BCUT2D eigenvalue weighted by Crippen LogP contribution is -2.28. The van der Waals surface area contributed by atoms with Gasteiger partial charge in [0.2, 0.25) is 0 Å². The number of hydrogen-bond acceptors (Lipinski definition) is 3. The van der Waals surface area contributed by atoms with E-state index in [4.69, 9.17) is 14.4 Å². The van der Waals surface area contributed by atoms with Crippen molar-refractivity contribution in [2.24, 2.45) is 0 Å². The minimum Gasteiger partial charge on any atom is -0.456 e. The molecule has 50 heavy (non-hydrogen) atoms. The van der Waals surface area contributed by atoms with Gasteiger partial charge in [-0.25, -0.2) is 9.97 Å². The smallest absolute Gasteiger partial charge is 0.160 e. The number of rotatable bonds is 5. The molecular weight excluding hydrogens is 609 g/mol. The van der Waals surface area contributed by atoms with Crippen molar-refractivity contribution in [2.45, 2.75) is 5.41 Å². The molecule has 0 fully saturated rings. The van der Waals surface area contributed by atoms with Crippen molar-refractivity contribution >= 4 is 21.9 Å². The molecule has 0 bridgehead atoms.